The molecule has 94 valence electrons. The highest BCUT2D eigenvalue weighted by molar-refractivity contribution is 7.09. The minimum absolute atomic E-state index is 0.214. The van der Waals surface area contributed by atoms with Crippen LogP contribution in [0.15, 0.2) is 10.8 Å². The van der Waals surface area contributed by atoms with Crippen molar-refractivity contribution in [2.45, 2.75) is 32.9 Å². The van der Waals surface area contributed by atoms with E-state index in [9.17, 15) is 4.79 Å². The van der Waals surface area contributed by atoms with Gasteiger partial charge in [-0.1, -0.05) is 0 Å². The van der Waals surface area contributed by atoms with Crippen molar-refractivity contribution in [3.63, 3.8) is 0 Å². The lowest BCUT2D eigenvalue weighted by atomic mass is 9.80. The number of alkyl carbamates (subject to hydrolysis) is 1. The van der Waals surface area contributed by atoms with Gasteiger partial charge in [0.05, 0.1) is 0 Å². The molecular weight excluding hydrogens is 241 g/mol. The Morgan fingerprint density at radius 2 is 2.12 bits per heavy atom. The smallest absolute Gasteiger partial charge is 0.444 e. The fourth-order valence-electron chi connectivity index (χ4n) is 1.19. The van der Waals surface area contributed by atoms with Gasteiger partial charge in [-0.15, -0.1) is 0 Å². The molecule has 0 aliphatic heterocycles. The van der Waals surface area contributed by atoms with Gasteiger partial charge in [-0.2, -0.15) is 11.3 Å². The SMILES string of the molecule is CC(C)(C)OC(=O)NCc1cscc1B(O)O. The van der Waals surface area contributed by atoms with Gasteiger partial charge in [0, 0.05) is 6.54 Å². The van der Waals surface area contributed by atoms with Gasteiger partial charge in [0.25, 0.3) is 0 Å². The molecule has 0 atom stereocenters. The molecule has 0 radical (unpaired) electrons. The molecular formula is C10H16BNO4S. The van der Waals surface area contributed by atoms with Crippen LogP contribution in [0.3, 0.4) is 0 Å². The molecule has 1 rings (SSSR count). The Kier molecular flexibility index (Phi) is 4.56. The van der Waals surface area contributed by atoms with E-state index in [2.05, 4.69) is 5.32 Å². The second-order valence-corrected chi connectivity index (χ2v) is 5.33. The van der Waals surface area contributed by atoms with Gasteiger partial charge in [-0.3, -0.25) is 0 Å². The maximum absolute atomic E-state index is 11.4. The topological polar surface area (TPSA) is 78.8 Å². The summed E-state index contributed by atoms with van der Waals surface area (Å²) in [6, 6.07) is 0. The van der Waals surface area contributed by atoms with E-state index in [0.29, 0.717) is 11.0 Å². The molecule has 0 spiro atoms. The molecule has 0 aliphatic carbocycles. The molecule has 0 unspecified atom stereocenters. The molecule has 0 saturated heterocycles. The van der Waals surface area contributed by atoms with Crippen LogP contribution in [0.1, 0.15) is 26.3 Å². The number of ether oxygens (including phenoxy) is 1. The Balaban J connectivity index is 2.50. The first-order valence-electron chi connectivity index (χ1n) is 5.17. The molecule has 17 heavy (non-hydrogen) atoms. The van der Waals surface area contributed by atoms with Crippen LogP contribution in [0.25, 0.3) is 0 Å². The Morgan fingerprint density at radius 1 is 1.47 bits per heavy atom. The Hall–Kier alpha value is -1.05. The third kappa shape index (κ3) is 4.76. The number of hydrogen-bond acceptors (Lipinski definition) is 5. The zero-order valence-corrected chi connectivity index (χ0v) is 10.9. The van der Waals surface area contributed by atoms with Crippen molar-refractivity contribution in [2.24, 2.45) is 0 Å². The Labute approximate surface area is 105 Å². The molecule has 3 N–H and O–H groups in total. The summed E-state index contributed by atoms with van der Waals surface area (Å²) in [6.45, 7) is 5.55. The van der Waals surface area contributed by atoms with Crippen molar-refractivity contribution in [3.8, 4) is 0 Å². The number of carbonyl (C=O) groups excluding carboxylic acids is 1. The lowest BCUT2D eigenvalue weighted by Crippen LogP contribution is -2.36. The predicted octanol–water partition coefficient (Wildman–Crippen LogP) is 0.453. The van der Waals surface area contributed by atoms with Gasteiger partial charge in [0.15, 0.2) is 0 Å². The summed E-state index contributed by atoms with van der Waals surface area (Å²) in [7, 11) is -1.52. The summed E-state index contributed by atoms with van der Waals surface area (Å²) in [4.78, 5) is 11.4. The van der Waals surface area contributed by atoms with Crippen molar-refractivity contribution in [3.05, 3.63) is 16.3 Å². The maximum atomic E-state index is 11.4. The van der Waals surface area contributed by atoms with Crippen LogP contribution in [0.2, 0.25) is 0 Å². The number of amides is 1. The number of nitrogens with one attached hydrogen (secondary N) is 1. The summed E-state index contributed by atoms with van der Waals surface area (Å²) in [5, 5.41) is 24.1. The lowest BCUT2D eigenvalue weighted by Gasteiger charge is -2.19. The van der Waals surface area contributed by atoms with Gasteiger partial charge < -0.3 is 20.1 Å². The van der Waals surface area contributed by atoms with E-state index in [1.807, 2.05) is 0 Å². The molecule has 1 aromatic rings. The van der Waals surface area contributed by atoms with E-state index in [1.165, 1.54) is 11.3 Å². The van der Waals surface area contributed by atoms with E-state index in [4.69, 9.17) is 14.8 Å². The minimum Gasteiger partial charge on any atom is -0.444 e. The summed E-state index contributed by atoms with van der Waals surface area (Å²) in [5.74, 6) is 0. The van der Waals surface area contributed by atoms with Gasteiger partial charge in [0.2, 0.25) is 0 Å². The van der Waals surface area contributed by atoms with Crippen LogP contribution in [0.4, 0.5) is 4.79 Å². The quantitative estimate of drug-likeness (QED) is 0.687. The molecule has 0 saturated carbocycles. The normalized spacial score (nSPS) is 11.1. The highest BCUT2D eigenvalue weighted by atomic mass is 32.1. The molecule has 5 nitrogen and oxygen atoms in total. The minimum atomic E-state index is -1.52. The first-order valence-corrected chi connectivity index (χ1v) is 6.12. The van der Waals surface area contributed by atoms with Crippen molar-refractivity contribution in [2.75, 3.05) is 0 Å². The third-order valence-electron chi connectivity index (χ3n) is 1.88. The van der Waals surface area contributed by atoms with Crippen molar-refractivity contribution in [1.29, 1.82) is 0 Å². The van der Waals surface area contributed by atoms with Gasteiger partial charge in [0.1, 0.15) is 5.60 Å². The number of carbonyl (C=O) groups is 1. The third-order valence-corrected chi connectivity index (χ3v) is 2.69. The molecule has 1 amide bonds. The second kappa shape index (κ2) is 5.53. The van der Waals surface area contributed by atoms with Crippen molar-refractivity contribution >= 4 is 30.0 Å². The zero-order valence-electron chi connectivity index (χ0n) is 10.1. The van der Waals surface area contributed by atoms with Crippen LogP contribution >= 0.6 is 11.3 Å². The Morgan fingerprint density at radius 3 is 2.65 bits per heavy atom. The average molecular weight is 257 g/mol. The van der Waals surface area contributed by atoms with E-state index >= 15 is 0 Å². The molecule has 0 fully saturated rings. The molecule has 1 heterocycles. The average Bonchev–Trinajstić information content (AvgIpc) is 2.59. The number of thiophene rings is 1. The van der Waals surface area contributed by atoms with Gasteiger partial charge >= 0.3 is 13.2 Å². The lowest BCUT2D eigenvalue weighted by molar-refractivity contribution is 0.0523. The highest BCUT2D eigenvalue weighted by Crippen LogP contribution is 2.08. The highest BCUT2D eigenvalue weighted by Gasteiger charge is 2.19. The fraction of sp³-hybridized carbons (Fsp3) is 0.500. The molecule has 1 aromatic heterocycles. The molecule has 0 aliphatic rings. The standard InChI is InChI=1S/C10H16BNO4S/c1-10(2,3)16-9(13)12-4-7-5-17-6-8(7)11(14)15/h5-6,14-15H,4H2,1-3H3,(H,12,13). The Bertz CT molecular complexity index is 386. The van der Waals surface area contributed by atoms with Crippen molar-refractivity contribution < 1.29 is 19.6 Å². The van der Waals surface area contributed by atoms with Gasteiger partial charge in [-0.05, 0) is 42.6 Å². The van der Waals surface area contributed by atoms with E-state index in [1.54, 1.807) is 31.5 Å². The van der Waals surface area contributed by atoms with E-state index < -0.39 is 18.8 Å². The van der Waals surface area contributed by atoms with Crippen LogP contribution in [0.5, 0.6) is 0 Å². The second-order valence-electron chi connectivity index (χ2n) is 4.58. The fourth-order valence-corrected chi connectivity index (χ4v) is 2.06. The monoisotopic (exact) mass is 257 g/mol. The van der Waals surface area contributed by atoms with Crippen LogP contribution in [-0.2, 0) is 11.3 Å². The first-order chi connectivity index (χ1) is 7.79. The molecule has 0 aromatic carbocycles. The summed E-state index contributed by atoms with van der Waals surface area (Å²) < 4.78 is 5.06. The van der Waals surface area contributed by atoms with Crippen LogP contribution in [-0.4, -0.2) is 28.9 Å². The number of rotatable bonds is 3. The van der Waals surface area contributed by atoms with E-state index in [-0.39, 0.29) is 6.54 Å². The molecule has 0 bridgehead atoms. The summed E-state index contributed by atoms with van der Waals surface area (Å²) in [5.41, 5.74) is 0.542. The summed E-state index contributed by atoms with van der Waals surface area (Å²) in [6.07, 6.45) is -0.526. The zero-order chi connectivity index (χ0) is 13.1. The molecule has 7 heteroatoms. The first kappa shape index (κ1) is 14.0. The predicted molar refractivity (Wildman–Crippen MR) is 67.2 cm³/mol. The summed E-state index contributed by atoms with van der Waals surface area (Å²) >= 11 is 1.35. The largest absolute Gasteiger partial charge is 0.489 e. The van der Waals surface area contributed by atoms with Crippen LogP contribution in [0, 0.1) is 0 Å². The van der Waals surface area contributed by atoms with Gasteiger partial charge in [-0.25, -0.2) is 4.79 Å². The van der Waals surface area contributed by atoms with Crippen LogP contribution < -0.4 is 10.8 Å². The maximum Gasteiger partial charge on any atom is 0.489 e. The number of hydrogen-bond donors (Lipinski definition) is 3. The van der Waals surface area contributed by atoms with Crippen molar-refractivity contribution in [1.82, 2.24) is 5.32 Å². The van der Waals surface area contributed by atoms with E-state index in [0.717, 1.165) is 0 Å².